The number of nitrogens with one attached hydrogen (secondary N) is 2. The summed E-state index contributed by atoms with van der Waals surface area (Å²) in [6, 6.07) is 14.6. The van der Waals surface area contributed by atoms with Crippen molar-refractivity contribution in [3.05, 3.63) is 81.8 Å². The van der Waals surface area contributed by atoms with Crippen LogP contribution in [0.15, 0.2) is 60.0 Å². The highest BCUT2D eigenvalue weighted by molar-refractivity contribution is 7.12. The number of thiophene rings is 1. The van der Waals surface area contributed by atoms with E-state index < -0.39 is 11.8 Å². The second-order valence-electron chi connectivity index (χ2n) is 7.14. The molecule has 0 saturated carbocycles. The van der Waals surface area contributed by atoms with Gasteiger partial charge in [-0.2, -0.15) is 0 Å². The van der Waals surface area contributed by atoms with E-state index in [0.717, 1.165) is 24.1 Å². The molecule has 2 N–H and O–H groups in total. The summed E-state index contributed by atoms with van der Waals surface area (Å²) in [6.07, 6.45) is 1.60. The van der Waals surface area contributed by atoms with Gasteiger partial charge in [-0.15, -0.1) is 11.3 Å². The fourth-order valence-electron chi connectivity index (χ4n) is 3.47. The Morgan fingerprint density at radius 2 is 1.84 bits per heavy atom. The summed E-state index contributed by atoms with van der Waals surface area (Å²) < 4.78 is 12.9. The fraction of sp³-hybridized carbons (Fsp3) is 0.174. The minimum Gasteiger partial charge on any atom is -0.344 e. The van der Waals surface area contributed by atoms with E-state index in [1.54, 1.807) is 41.3 Å². The second kappa shape index (κ2) is 9.09. The van der Waals surface area contributed by atoms with Crippen LogP contribution in [-0.2, 0) is 22.6 Å². The number of rotatable bonds is 4. The quantitative estimate of drug-likeness (QED) is 0.611. The van der Waals surface area contributed by atoms with Crippen LogP contribution in [0, 0.1) is 5.82 Å². The van der Waals surface area contributed by atoms with Crippen molar-refractivity contribution in [2.75, 3.05) is 16.8 Å². The van der Waals surface area contributed by atoms with Crippen molar-refractivity contribution in [3.8, 4) is 0 Å². The predicted octanol–water partition coefficient (Wildman–Crippen LogP) is 3.74. The molecule has 0 bridgehead atoms. The van der Waals surface area contributed by atoms with Crippen molar-refractivity contribution in [2.24, 2.45) is 0 Å². The molecule has 31 heavy (non-hydrogen) atoms. The van der Waals surface area contributed by atoms with E-state index >= 15 is 0 Å². The number of aryl methyl sites for hydroxylation is 1. The molecule has 0 atom stereocenters. The number of carbonyl (C=O) groups excluding carboxylic acids is 3. The average Bonchev–Trinajstić information content (AvgIpc) is 3.32. The lowest BCUT2D eigenvalue weighted by atomic mass is 10.0. The lowest BCUT2D eigenvalue weighted by molar-refractivity contribution is -0.136. The molecule has 8 heteroatoms. The largest absolute Gasteiger partial charge is 0.344 e. The van der Waals surface area contributed by atoms with Crippen LogP contribution in [0.4, 0.5) is 15.8 Å². The van der Waals surface area contributed by atoms with Gasteiger partial charge in [-0.05, 0) is 65.7 Å². The Hall–Kier alpha value is -3.52. The van der Waals surface area contributed by atoms with Crippen LogP contribution >= 0.6 is 11.3 Å². The van der Waals surface area contributed by atoms with Crippen LogP contribution < -0.4 is 15.5 Å². The first-order chi connectivity index (χ1) is 15.0. The van der Waals surface area contributed by atoms with Crippen molar-refractivity contribution in [3.63, 3.8) is 0 Å². The maximum Gasteiger partial charge on any atom is 0.313 e. The molecule has 6 nitrogen and oxygen atoms in total. The van der Waals surface area contributed by atoms with Gasteiger partial charge in [-0.1, -0.05) is 18.2 Å². The third-order valence-electron chi connectivity index (χ3n) is 5.01. The molecule has 0 radical (unpaired) electrons. The van der Waals surface area contributed by atoms with Gasteiger partial charge in [0, 0.05) is 24.5 Å². The van der Waals surface area contributed by atoms with Crippen molar-refractivity contribution >= 4 is 40.4 Å². The molecule has 0 unspecified atom stereocenters. The summed E-state index contributed by atoms with van der Waals surface area (Å²) in [4.78, 5) is 39.6. The zero-order valence-electron chi connectivity index (χ0n) is 16.6. The van der Waals surface area contributed by atoms with E-state index in [1.165, 1.54) is 23.5 Å². The van der Waals surface area contributed by atoms with Crippen LogP contribution in [0.2, 0.25) is 0 Å². The molecule has 4 rings (SSSR count). The summed E-state index contributed by atoms with van der Waals surface area (Å²) in [5.74, 6) is -1.97. The van der Waals surface area contributed by atoms with Gasteiger partial charge in [-0.25, -0.2) is 4.39 Å². The molecule has 158 valence electrons. The molecule has 3 amide bonds. The molecule has 0 aliphatic carbocycles. The standard InChI is InChI=1S/C23H20FN3O3S/c24-17-7-5-15(6-8-17)14-25-21(28)22(29)26-18-9-10-19-16(13-18)3-1-11-27(19)23(30)20-4-2-12-31-20/h2,4-10,12-13H,1,3,11,14H2,(H,25,28)(H,26,29). The highest BCUT2D eigenvalue weighted by atomic mass is 32.1. The lowest BCUT2D eigenvalue weighted by Gasteiger charge is -2.29. The van der Waals surface area contributed by atoms with Crippen molar-refractivity contribution in [1.29, 1.82) is 0 Å². The minimum absolute atomic E-state index is 0.0343. The van der Waals surface area contributed by atoms with Crippen molar-refractivity contribution in [1.82, 2.24) is 5.32 Å². The summed E-state index contributed by atoms with van der Waals surface area (Å²) >= 11 is 1.41. The number of benzene rings is 2. The van der Waals surface area contributed by atoms with E-state index in [1.807, 2.05) is 11.4 Å². The Morgan fingerprint density at radius 3 is 2.58 bits per heavy atom. The molecular weight excluding hydrogens is 417 g/mol. The SMILES string of the molecule is O=C(NCc1ccc(F)cc1)C(=O)Nc1ccc2c(c1)CCCN2C(=O)c1cccs1. The summed E-state index contributed by atoms with van der Waals surface area (Å²) in [6.45, 7) is 0.762. The van der Waals surface area contributed by atoms with Gasteiger partial charge in [0.2, 0.25) is 0 Å². The number of halogens is 1. The molecule has 0 fully saturated rings. The number of nitrogens with zero attached hydrogens (tertiary/aromatic N) is 1. The Bertz CT molecular complexity index is 1110. The third-order valence-corrected chi connectivity index (χ3v) is 5.86. The van der Waals surface area contributed by atoms with Crippen LogP contribution in [0.25, 0.3) is 0 Å². The highest BCUT2D eigenvalue weighted by Crippen LogP contribution is 2.31. The highest BCUT2D eigenvalue weighted by Gasteiger charge is 2.25. The van der Waals surface area contributed by atoms with Crippen LogP contribution in [0.5, 0.6) is 0 Å². The van der Waals surface area contributed by atoms with Crippen molar-refractivity contribution < 1.29 is 18.8 Å². The Balaban J connectivity index is 1.40. The maximum absolute atomic E-state index is 12.9. The van der Waals surface area contributed by atoms with Crippen LogP contribution in [-0.4, -0.2) is 24.3 Å². The zero-order valence-corrected chi connectivity index (χ0v) is 17.4. The van der Waals surface area contributed by atoms with E-state index in [0.29, 0.717) is 22.7 Å². The van der Waals surface area contributed by atoms with E-state index in [-0.39, 0.29) is 18.3 Å². The molecule has 0 saturated heterocycles. The molecule has 1 aromatic heterocycles. The first kappa shape index (κ1) is 20.7. The number of carbonyl (C=O) groups is 3. The first-order valence-corrected chi connectivity index (χ1v) is 10.7. The Morgan fingerprint density at radius 1 is 1.03 bits per heavy atom. The lowest BCUT2D eigenvalue weighted by Crippen LogP contribution is -2.36. The maximum atomic E-state index is 12.9. The van der Waals surface area contributed by atoms with Gasteiger partial charge in [0.1, 0.15) is 5.82 Å². The van der Waals surface area contributed by atoms with Gasteiger partial charge in [0.05, 0.1) is 4.88 Å². The predicted molar refractivity (Wildman–Crippen MR) is 118 cm³/mol. The van der Waals surface area contributed by atoms with Gasteiger partial charge < -0.3 is 15.5 Å². The van der Waals surface area contributed by atoms with Gasteiger partial charge in [0.25, 0.3) is 5.91 Å². The molecule has 1 aliphatic heterocycles. The molecular formula is C23H20FN3O3S. The van der Waals surface area contributed by atoms with E-state index in [2.05, 4.69) is 10.6 Å². The van der Waals surface area contributed by atoms with E-state index in [4.69, 9.17) is 0 Å². The van der Waals surface area contributed by atoms with Crippen LogP contribution in [0.1, 0.15) is 27.2 Å². The first-order valence-electron chi connectivity index (χ1n) is 9.83. The third kappa shape index (κ3) is 4.80. The van der Waals surface area contributed by atoms with E-state index in [9.17, 15) is 18.8 Å². The number of hydrogen-bond donors (Lipinski definition) is 2. The average molecular weight is 437 g/mol. The monoisotopic (exact) mass is 437 g/mol. The number of fused-ring (bicyclic) bond motifs is 1. The van der Waals surface area contributed by atoms with Gasteiger partial charge >= 0.3 is 11.8 Å². The normalized spacial score (nSPS) is 12.7. The molecule has 2 heterocycles. The van der Waals surface area contributed by atoms with Gasteiger partial charge in [-0.3, -0.25) is 14.4 Å². The smallest absolute Gasteiger partial charge is 0.313 e. The molecule has 2 aromatic carbocycles. The topological polar surface area (TPSA) is 78.5 Å². The molecule has 3 aromatic rings. The number of amides is 3. The number of hydrogen-bond acceptors (Lipinski definition) is 4. The fourth-order valence-corrected chi connectivity index (χ4v) is 4.14. The molecule has 0 spiro atoms. The van der Waals surface area contributed by atoms with Crippen molar-refractivity contribution in [2.45, 2.75) is 19.4 Å². The zero-order chi connectivity index (χ0) is 21.8. The Labute approximate surface area is 182 Å². The Kier molecular flexibility index (Phi) is 6.08. The summed E-state index contributed by atoms with van der Waals surface area (Å²) in [7, 11) is 0. The van der Waals surface area contributed by atoms with Crippen LogP contribution in [0.3, 0.4) is 0 Å². The number of anilines is 2. The summed E-state index contributed by atoms with van der Waals surface area (Å²) in [5, 5.41) is 6.98. The summed E-state index contributed by atoms with van der Waals surface area (Å²) in [5.41, 5.74) is 2.95. The van der Waals surface area contributed by atoms with Gasteiger partial charge in [0.15, 0.2) is 0 Å². The second-order valence-corrected chi connectivity index (χ2v) is 8.09. The molecule has 1 aliphatic rings. The minimum atomic E-state index is -0.788.